The second-order valence-corrected chi connectivity index (χ2v) is 6.46. The van der Waals surface area contributed by atoms with Crippen LogP contribution in [0.4, 0.5) is 0 Å². The first-order valence-electron chi connectivity index (χ1n) is 6.20. The Kier molecular flexibility index (Phi) is 5.02. The first-order valence-corrected chi connectivity index (χ1v) is 6.20. The molecule has 0 heterocycles. The van der Waals surface area contributed by atoms with Gasteiger partial charge in [-0.3, -0.25) is 8.97 Å². The van der Waals surface area contributed by atoms with Gasteiger partial charge in [0.25, 0.3) is 0 Å². The number of aliphatic carboxylic acids is 1. The molecule has 0 fully saturated rings. The summed E-state index contributed by atoms with van der Waals surface area (Å²) < 4.78 is -0.143. The molecule has 19 heavy (non-hydrogen) atoms. The van der Waals surface area contributed by atoms with Gasteiger partial charge in [-0.05, 0) is 0 Å². The summed E-state index contributed by atoms with van der Waals surface area (Å²) in [6, 6.07) is 0. The Bertz CT molecular complexity index is 396. The molecule has 0 saturated carbocycles. The summed E-state index contributed by atoms with van der Waals surface area (Å²) in [7, 11) is 8.35. The van der Waals surface area contributed by atoms with Crippen LogP contribution in [0.15, 0.2) is 0 Å². The van der Waals surface area contributed by atoms with Crippen LogP contribution < -0.4 is 0 Å². The number of amides is 2. The predicted octanol–water partition coefficient (Wildman–Crippen LogP) is 0.466. The molecule has 0 rings (SSSR count). The Balaban J connectivity index is 5.22. The van der Waals surface area contributed by atoms with Crippen molar-refractivity contribution < 1.29 is 28.5 Å². The quantitative estimate of drug-likeness (QED) is 0.740. The van der Waals surface area contributed by atoms with E-state index in [0.29, 0.717) is 0 Å². The van der Waals surface area contributed by atoms with Gasteiger partial charge in [0.15, 0.2) is 0 Å². The molecule has 0 spiro atoms. The standard InChI is InChI=1S/C13H25N2O4/c1-10(16)15(6,7)13(2,12(18)19)9-8-11(17)14(3,4)5/h8-9H2,1-7H3/q+1/p+1. The van der Waals surface area contributed by atoms with E-state index < -0.39 is 11.5 Å². The third kappa shape index (κ3) is 3.61. The molecule has 0 radical (unpaired) electrons. The molecule has 1 unspecified atom stereocenters. The molecule has 2 amide bonds. The van der Waals surface area contributed by atoms with Crippen molar-refractivity contribution in [2.45, 2.75) is 32.2 Å². The van der Waals surface area contributed by atoms with Gasteiger partial charge in [0.05, 0.1) is 48.6 Å². The molecule has 0 bridgehead atoms. The van der Waals surface area contributed by atoms with Gasteiger partial charge in [-0.1, -0.05) is 0 Å². The number of carbonyl (C=O) groups is 3. The van der Waals surface area contributed by atoms with Gasteiger partial charge in [-0.2, -0.15) is 0 Å². The van der Waals surface area contributed by atoms with Gasteiger partial charge in [0.2, 0.25) is 5.54 Å². The van der Waals surface area contributed by atoms with Crippen molar-refractivity contribution in [2.75, 3.05) is 35.2 Å². The van der Waals surface area contributed by atoms with Gasteiger partial charge in [-0.15, -0.1) is 0 Å². The lowest BCUT2D eigenvalue weighted by Crippen LogP contribution is -2.64. The van der Waals surface area contributed by atoms with Gasteiger partial charge < -0.3 is 5.11 Å². The number of carboxylic acid groups (broad SMARTS) is 1. The Morgan fingerprint density at radius 1 is 1.05 bits per heavy atom. The number of hydrogen-bond donors (Lipinski definition) is 1. The van der Waals surface area contributed by atoms with E-state index in [0.717, 1.165) is 0 Å². The minimum Gasteiger partial charge on any atom is -0.477 e. The molecular formula is C13H26N2O4+2. The van der Waals surface area contributed by atoms with Crippen molar-refractivity contribution in [1.29, 1.82) is 0 Å². The highest BCUT2D eigenvalue weighted by Crippen LogP contribution is 2.27. The second kappa shape index (κ2) is 5.38. The lowest BCUT2D eigenvalue weighted by molar-refractivity contribution is -0.857. The van der Waals surface area contributed by atoms with Crippen LogP contribution in [0.25, 0.3) is 0 Å². The minimum atomic E-state index is -1.31. The highest BCUT2D eigenvalue weighted by atomic mass is 16.4. The van der Waals surface area contributed by atoms with Crippen molar-refractivity contribution in [3.8, 4) is 0 Å². The Morgan fingerprint density at radius 2 is 1.47 bits per heavy atom. The molecule has 6 nitrogen and oxygen atoms in total. The molecule has 0 aromatic heterocycles. The van der Waals surface area contributed by atoms with E-state index in [9.17, 15) is 19.5 Å². The van der Waals surface area contributed by atoms with E-state index in [1.54, 1.807) is 35.2 Å². The first kappa shape index (κ1) is 17.7. The fourth-order valence-corrected chi connectivity index (χ4v) is 1.66. The number of carboxylic acids is 1. The van der Waals surface area contributed by atoms with Gasteiger partial charge in [-0.25, -0.2) is 14.4 Å². The van der Waals surface area contributed by atoms with Crippen LogP contribution in [0.1, 0.15) is 26.7 Å². The lowest BCUT2D eigenvalue weighted by Gasteiger charge is -2.40. The zero-order chi connectivity index (χ0) is 15.6. The summed E-state index contributed by atoms with van der Waals surface area (Å²) >= 11 is 0. The van der Waals surface area contributed by atoms with E-state index in [-0.39, 0.29) is 33.6 Å². The molecule has 6 heteroatoms. The molecule has 0 aromatic rings. The average Bonchev–Trinajstić information content (AvgIpc) is 2.22. The molecular weight excluding hydrogens is 248 g/mol. The number of quaternary nitrogens is 2. The average molecular weight is 274 g/mol. The van der Waals surface area contributed by atoms with Crippen LogP contribution in [0.2, 0.25) is 0 Å². The molecule has 0 aromatic carbocycles. The Hall–Kier alpha value is -1.27. The SMILES string of the molecule is CC(=O)[N+](C)(C)C(C)(CCC(=O)[N+](C)(C)C)C(=O)O. The van der Waals surface area contributed by atoms with E-state index in [1.165, 1.54) is 13.8 Å². The Morgan fingerprint density at radius 3 is 1.74 bits per heavy atom. The lowest BCUT2D eigenvalue weighted by atomic mass is 9.91. The van der Waals surface area contributed by atoms with Crippen LogP contribution >= 0.6 is 0 Å². The normalized spacial score (nSPS) is 15.7. The molecule has 1 atom stereocenters. The first-order chi connectivity index (χ1) is 8.26. The highest BCUT2D eigenvalue weighted by molar-refractivity contribution is 5.81. The summed E-state index contributed by atoms with van der Waals surface area (Å²) in [5.41, 5.74) is -1.31. The largest absolute Gasteiger partial charge is 0.477 e. The number of nitrogens with zero attached hydrogens (tertiary/aromatic N) is 2. The van der Waals surface area contributed by atoms with Crippen LogP contribution in [-0.2, 0) is 14.4 Å². The van der Waals surface area contributed by atoms with Crippen LogP contribution in [-0.4, -0.2) is 72.6 Å². The van der Waals surface area contributed by atoms with E-state index in [4.69, 9.17) is 0 Å². The van der Waals surface area contributed by atoms with Crippen LogP contribution in [0.3, 0.4) is 0 Å². The van der Waals surface area contributed by atoms with Gasteiger partial charge >= 0.3 is 17.8 Å². The maximum Gasteiger partial charge on any atom is 0.365 e. The summed E-state index contributed by atoms with van der Waals surface area (Å²) in [6.45, 7) is 2.88. The summed E-state index contributed by atoms with van der Waals surface area (Å²) in [6.07, 6.45) is 0.254. The molecule has 1 N–H and O–H groups in total. The third-order valence-electron chi connectivity index (χ3n) is 4.06. The molecule has 0 aliphatic heterocycles. The molecule has 0 saturated heterocycles. The van der Waals surface area contributed by atoms with Crippen molar-refractivity contribution in [3.05, 3.63) is 0 Å². The van der Waals surface area contributed by atoms with Crippen molar-refractivity contribution in [3.63, 3.8) is 0 Å². The fourth-order valence-electron chi connectivity index (χ4n) is 1.66. The zero-order valence-electron chi connectivity index (χ0n) is 13.0. The monoisotopic (exact) mass is 274 g/mol. The van der Waals surface area contributed by atoms with Gasteiger partial charge in [0, 0.05) is 13.3 Å². The smallest absolute Gasteiger partial charge is 0.365 e. The van der Waals surface area contributed by atoms with Crippen LogP contribution in [0, 0.1) is 0 Å². The molecule has 110 valence electrons. The van der Waals surface area contributed by atoms with Crippen molar-refractivity contribution >= 4 is 17.8 Å². The molecule has 0 aliphatic carbocycles. The maximum absolute atomic E-state index is 11.9. The summed E-state index contributed by atoms with van der Waals surface area (Å²) in [5, 5.41) is 9.45. The summed E-state index contributed by atoms with van der Waals surface area (Å²) in [4.78, 5) is 35.1. The second-order valence-electron chi connectivity index (χ2n) is 6.46. The number of carbonyl (C=O) groups excluding carboxylic acids is 2. The topological polar surface area (TPSA) is 71.4 Å². The highest BCUT2D eigenvalue weighted by Gasteiger charge is 2.51. The maximum atomic E-state index is 11.9. The van der Waals surface area contributed by atoms with Crippen molar-refractivity contribution in [1.82, 2.24) is 0 Å². The van der Waals surface area contributed by atoms with E-state index in [2.05, 4.69) is 0 Å². The third-order valence-corrected chi connectivity index (χ3v) is 4.06. The Labute approximate surface area is 114 Å². The molecule has 0 aliphatic rings. The van der Waals surface area contributed by atoms with Gasteiger partial charge in [0.1, 0.15) is 0 Å². The summed E-state index contributed by atoms with van der Waals surface area (Å²) in [5.74, 6) is -1.37. The van der Waals surface area contributed by atoms with E-state index >= 15 is 0 Å². The van der Waals surface area contributed by atoms with Crippen molar-refractivity contribution in [2.24, 2.45) is 0 Å². The minimum absolute atomic E-state index is 0.0592. The fraction of sp³-hybridized carbons (Fsp3) is 0.769. The number of hydrogen-bond acceptors (Lipinski definition) is 3. The number of rotatable bonds is 5. The number of likely N-dealkylation sites (N-methyl/N-ethyl adjacent to an activating group) is 1. The van der Waals surface area contributed by atoms with E-state index in [1.807, 2.05) is 0 Å². The predicted molar refractivity (Wildman–Crippen MR) is 71.1 cm³/mol. The zero-order valence-corrected chi connectivity index (χ0v) is 13.0. The van der Waals surface area contributed by atoms with Crippen LogP contribution in [0.5, 0.6) is 0 Å².